The maximum atomic E-state index is 10.8. The van der Waals surface area contributed by atoms with E-state index in [9.17, 15) is 30.6 Å². The van der Waals surface area contributed by atoms with Crippen molar-refractivity contribution >= 4 is 5.96 Å². The highest BCUT2D eigenvalue weighted by Crippen LogP contribution is 2.32. The van der Waals surface area contributed by atoms with Crippen LogP contribution in [0.4, 0.5) is 0 Å². The van der Waals surface area contributed by atoms with Crippen molar-refractivity contribution in [1.29, 1.82) is 5.41 Å². The van der Waals surface area contributed by atoms with Crippen LogP contribution in [0.3, 0.4) is 0 Å². The molecule has 0 radical (unpaired) electrons. The molecule has 0 aromatic rings. The van der Waals surface area contributed by atoms with Gasteiger partial charge in [-0.1, -0.05) is 0 Å². The average molecular weight is 511 g/mol. The van der Waals surface area contributed by atoms with E-state index < -0.39 is 91.7 Å². The predicted molar refractivity (Wildman–Crippen MR) is 117 cm³/mol. The molecule has 3 fully saturated rings. The number of nitrogens with two attached hydrogens (primary N) is 4. The van der Waals surface area contributed by atoms with E-state index in [1.54, 1.807) is 0 Å². The first-order valence-corrected chi connectivity index (χ1v) is 11.4. The molecule has 16 heteroatoms. The van der Waals surface area contributed by atoms with E-state index in [0.29, 0.717) is 0 Å². The van der Waals surface area contributed by atoms with Gasteiger partial charge in [-0.2, -0.15) is 0 Å². The Bertz CT molecular complexity index is 724. The van der Waals surface area contributed by atoms with Gasteiger partial charge < -0.3 is 77.8 Å². The topological polar surface area (TPSA) is 298 Å². The van der Waals surface area contributed by atoms with Crippen LogP contribution in [-0.2, 0) is 18.9 Å². The summed E-state index contributed by atoms with van der Waals surface area (Å²) in [5.41, 5.74) is 23.5. The maximum Gasteiger partial charge on any atom is 0.187 e. The molecule has 2 heterocycles. The molecule has 0 amide bonds. The summed E-state index contributed by atoms with van der Waals surface area (Å²) in [5.74, 6) is -0.362. The summed E-state index contributed by atoms with van der Waals surface area (Å²) >= 11 is 0. The van der Waals surface area contributed by atoms with Crippen LogP contribution in [0.25, 0.3) is 0 Å². The van der Waals surface area contributed by atoms with Gasteiger partial charge in [-0.15, -0.1) is 0 Å². The van der Waals surface area contributed by atoms with Crippen molar-refractivity contribution in [2.75, 3.05) is 6.54 Å². The van der Waals surface area contributed by atoms with Gasteiger partial charge in [0, 0.05) is 18.6 Å². The van der Waals surface area contributed by atoms with Crippen molar-refractivity contribution in [3.63, 3.8) is 0 Å². The summed E-state index contributed by atoms with van der Waals surface area (Å²) in [6.07, 6.45) is -15.7. The first-order chi connectivity index (χ1) is 16.3. The van der Waals surface area contributed by atoms with Crippen molar-refractivity contribution < 1.29 is 49.6 Å². The Hall–Kier alpha value is -1.25. The van der Waals surface area contributed by atoms with Gasteiger partial charge in [0.15, 0.2) is 18.5 Å². The second-order valence-electron chi connectivity index (χ2n) is 9.34. The fourth-order valence-electron chi connectivity index (χ4n) is 4.55. The third kappa shape index (κ3) is 6.02. The molecule has 2 aliphatic heterocycles. The van der Waals surface area contributed by atoms with Gasteiger partial charge in [-0.3, -0.25) is 5.41 Å². The number of guanidine groups is 1. The van der Waals surface area contributed by atoms with Crippen LogP contribution in [0.15, 0.2) is 0 Å². The first-order valence-electron chi connectivity index (χ1n) is 11.4. The second-order valence-corrected chi connectivity index (χ2v) is 9.34. The average Bonchev–Trinajstić information content (AvgIpc) is 3.05. The Kier molecular flexibility index (Phi) is 9.25. The zero-order chi connectivity index (χ0) is 26.2. The fourth-order valence-corrected chi connectivity index (χ4v) is 4.55. The van der Waals surface area contributed by atoms with Crippen molar-refractivity contribution in [3.05, 3.63) is 0 Å². The first kappa shape index (κ1) is 28.3. The molecule has 1 saturated carbocycles. The number of aliphatic hydroxyl groups excluding tert-OH is 6. The lowest BCUT2D eigenvalue weighted by molar-refractivity contribution is -0.315. The Morgan fingerprint density at radius 1 is 0.914 bits per heavy atom. The Morgan fingerprint density at radius 3 is 2.14 bits per heavy atom. The fraction of sp³-hybridized carbons (Fsp3) is 0.947. The van der Waals surface area contributed by atoms with Gasteiger partial charge in [-0.05, 0) is 13.3 Å². The number of ether oxygens (including phenoxy) is 4. The van der Waals surface area contributed by atoms with Crippen LogP contribution >= 0.6 is 0 Å². The Labute approximate surface area is 201 Å². The second kappa shape index (κ2) is 11.4. The maximum absolute atomic E-state index is 10.8. The lowest BCUT2D eigenvalue weighted by atomic mass is 9.84. The highest BCUT2D eigenvalue weighted by Gasteiger charge is 2.52. The third-order valence-corrected chi connectivity index (χ3v) is 6.62. The Morgan fingerprint density at radius 2 is 1.54 bits per heavy atom. The van der Waals surface area contributed by atoms with Crippen molar-refractivity contribution in [2.24, 2.45) is 22.9 Å². The van der Waals surface area contributed by atoms with E-state index in [1.807, 2.05) is 0 Å². The molecule has 0 bridgehead atoms. The molecule has 2 saturated heterocycles. The zero-order valence-electron chi connectivity index (χ0n) is 19.2. The molecule has 16 nitrogen and oxygen atoms in total. The number of hydrogen-bond donors (Lipinski definition) is 12. The minimum absolute atomic E-state index is 0.0920. The molecule has 204 valence electrons. The van der Waals surface area contributed by atoms with Crippen LogP contribution < -0.4 is 28.3 Å². The number of nitrogens with one attached hydrogen (secondary N) is 2. The van der Waals surface area contributed by atoms with Crippen molar-refractivity contribution in [1.82, 2.24) is 5.32 Å². The zero-order valence-corrected chi connectivity index (χ0v) is 19.2. The van der Waals surface area contributed by atoms with E-state index in [2.05, 4.69) is 5.32 Å². The van der Waals surface area contributed by atoms with Gasteiger partial charge >= 0.3 is 0 Å². The molecule has 0 aromatic carbocycles. The lowest BCUT2D eigenvalue weighted by Gasteiger charge is -2.47. The van der Waals surface area contributed by atoms with Crippen LogP contribution in [-0.4, -0.2) is 135 Å². The van der Waals surface area contributed by atoms with E-state index in [-0.39, 0.29) is 18.9 Å². The van der Waals surface area contributed by atoms with Crippen LogP contribution in [0.5, 0.6) is 0 Å². The molecule has 3 rings (SSSR count). The van der Waals surface area contributed by atoms with Gasteiger partial charge in [0.2, 0.25) is 0 Å². The summed E-state index contributed by atoms with van der Waals surface area (Å²) in [5, 5.41) is 71.5. The van der Waals surface area contributed by atoms with E-state index in [4.69, 9.17) is 47.3 Å². The predicted octanol–water partition coefficient (Wildman–Crippen LogP) is -6.74. The van der Waals surface area contributed by atoms with Crippen molar-refractivity contribution in [2.45, 2.75) is 105 Å². The monoisotopic (exact) mass is 510 g/mol. The smallest absolute Gasteiger partial charge is 0.187 e. The number of hydrogen-bond acceptors (Lipinski definition) is 14. The molecular weight excluding hydrogens is 472 g/mol. The van der Waals surface area contributed by atoms with E-state index in [0.717, 1.165) is 0 Å². The molecule has 7 unspecified atom stereocenters. The standard InChI is InChI=1S/C19H38N6O10/c1-4(26)14-12(30)11(29)8(22)17(33-14)34-15-6(21)2-5(20)9(27)16(15)35-18-13(31)10(28)7(32-18)3-25-19(23)24/h4-18,26-31H,2-3,20-22H2,1H3,(H4,23,24,25)/t4-,5-,6?,7-,8?,9-,10?,11?,12+,13?,14?,15-,16?,17-,18+/m1/s1. The number of rotatable bonds is 7. The minimum atomic E-state index is -1.53. The molecule has 15 atom stereocenters. The van der Waals surface area contributed by atoms with E-state index in [1.165, 1.54) is 6.92 Å². The summed E-state index contributed by atoms with van der Waals surface area (Å²) < 4.78 is 22.9. The summed E-state index contributed by atoms with van der Waals surface area (Å²) in [6, 6.07) is -2.88. The van der Waals surface area contributed by atoms with Crippen LogP contribution in [0.1, 0.15) is 13.3 Å². The highest BCUT2D eigenvalue weighted by atomic mass is 16.7. The molecule has 16 N–H and O–H groups in total. The van der Waals surface area contributed by atoms with Gasteiger partial charge in [-0.25, -0.2) is 0 Å². The largest absolute Gasteiger partial charge is 0.391 e. The van der Waals surface area contributed by atoms with E-state index >= 15 is 0 Å². The summed E-state index contributed by atoms with van der Waals surface area (Å²) in [7, 11) is 0. The van der Waals surface area contributed by atoms with Gasteiger partial charge in [0.05, 0.1) is 18.2 Å². The molecule has 0 spiro atoms. The highest BCUT2D eigenvalue weighted by molar-refractivity contribution is 5.74. The van der Waals surface area contributed by atoms with Gasteiger partial charge in [0.1, 0.15) is 48.8 Å². The Balaban J connectivity index is 1.76. The lowest BCUT2D eigenvalue weighted by Crippen LogP contribution is -2.68. The molecule has 3 aliphatic rings. The molecular formula is C19H38N6O10. The SMILES string of the molecule is C[C@@H](O)C1O[C@H](O[C@@H]2C(N)C[C@@H](N)[C@@H](O)C2O[C@@H]2O[C@H](CNC(=N)N)C(O)C2O)C(N)C(O)[C@@H]1O. The summed E-state index contributed by atoms with van der Waals surface area (Å²) in [4.78, 5) is 0. The molecule has 0 aromatic heterocycles. The quantitative estimate of drug-likeness (QED) is 0.112. The van der Waals surface area contributed by atoms with Gasteiger partial charge in [0.25, 0.3) is 0 Å². The third-order valence-electron chi connectivity index (χ3n) is 6.62. The minimum Gasteiger partial charge on any atom is -0.391 e. The summed E-state index contributed by atoms with van der Waals surface area (Å²) in [6.45, 7) is 1.27. The normalized spacial score (nSPS) is 49.5. The van der Waals surface area contributed by atoms with Crippen molar-refractivity contribution in [3.8, 4) is 0 Å². The van der Waals surface area contributed by atoms with Crippen LogP contribution in [0.2, 0.25) is 0 Å². The number of aliphatic hydroxyl groups is 6. The van der Waals surface area contributed by atoms with Crippen LogP contribution in [0, 0.1) is 5.41 Å². The molecule has 35 heavy (non-hydrogen) atoms. The molecule has 1 aliphatic carbocycles.